The van der Waals surface area contributed by atoms with E-state index < -0.39 is 23.8 Å². The highest BCUT2D eigenvalue weighted by Gasteiger charge is 2.32. The summed E-state index contributed by atoms with van der Waals surface area (Å²) in [7, 11) is 0. The first-order chi connectivity index (χ1) is 14.4. The summed E-state index contributed by atoms with van der Waals surface area (Å²) in [5.41, 5.74) is 1.28. The van der Waals surface area contributed by atoms with Gasteiger partial charge in [0.1, 0.15) is 22.7 Å². The first kappa shape index (κ1) is 20.0. The average molecular weight is 429 g/mol. The second-order valence-electron chi connectivity index (χ2n) is 6.75. The molecule has 6 nitrogen and oxygen atoms in total. The van der Waals surface area contributed by atoms with Crippen LogP contribution in [0.1, 0.15) is 6.92 Å². The van der Waals surface area contributed by atoms with Gasteiger partial charge >= 0.3 is 6.09 Å². The lowest BCUT2D eigenvalue weighted by Gasteiger charge is -2.15. The van der Waals surface area contributed by atoms with Gasteiger partial charge in [-0.25, -0.2) is 18.6 Å². The molecule has 0 saturated carbocycles. The minimum absolute atomic E-state index is 0.183. The number of rotatable bonds is 5. The molecule has 1 aromatic heterocycles. The van der Waals surface area contributed by atoms with Crippen LogP contribution in [0.5, 0.6) is 0 Å². The van der Waals surface area contributed by atoms with Crippen molar-refractivity contribution in [3.63, 3.8) is 0 Å². The normalized spacial score (nSPS) is 15.9. The largest absolute Gasteiger partial charge is 0.442 e. The first-order valence-corrected chi connectivity index (χ1v) is 10.0. The van der Waals surface area contributed by atoms with Crippen molar-refractivity contribution in [1.29, 1.82) is 0 Å². The van der Waals surface area contributed by atoms with Gasteiger partial charge in [-0.3, -0.25) is 9.69 Å². The summed E-state index contributed by atoms with van der Waals surface area (Å²) in [6.07, 6.45) is 0.462. The van der Waals surface area contributed by atoms with Crippen molar-refractivity contribution in [3.8, 4) is 21.7 Å². The summed E-state index contributed by atoms with van der Waals surface area (Å²) < 4.78 is 34.5. The van der Waals surface area contributed by atoms with Crippen molar-refractivity contribution >= 4 is 29.0 Å². The van der Waals surface area contributed by atoms with Crippen LogP contribution in [0.3, 0.4) is 0 Å². The van der Waals surface area contributed by atoms with E-state index in [0.29, 0.717) is 21.8 Å². The number of anilines is 1. The predicted octanol–water partition coefficient (Wildman–Crippen LogP) is 4.22. The molecule has 1 unspecified atom stereocenters. The summed E-state index contributed by atoms with van der Waals surface area (Å²) in [5.74, 6) is -1.31. The van der Waals surface area contributed by atoms with Crippen LogP contribution < -0.4 is 10.2 Å². The van der Waals surface area contributed by atoms with Crippen molar-refractivity contribution in [2.24, 2.45) is 0 Å². The lowest BCUT2D eigenvalue weighted by Crippen LogP contribution is -2.33. The van der Waals surface area contributed by atoms with Gasteiger partial charge in [-0.2, -0.15) is 0 Å². The summed E-state index contributed by atoms with van der Waals surface area (Å²) in [4.78, 5) is 28.5. The topological polar surface area (TPSA) is 71.5 Å². The quantitative estimate of drug-likeness (QED) is 0.659. The van der Waals surface area contributed by atoms with Gasteiger partial charge < -0.3 is 10.1 Å². The molecule has 0 spiro atoms. The second kappa shape index (κ2) is 8.19. The SMILES string of the molecule is CC(=O)NCC1CN(c2ccc(-c3ccc(-c4nccs4)c(F)c3)c(F)c2)C(=O)O1. The molecule has 154 valence electrons. The molecule has 0 radical (unpaired) electrons. The monoisotopic (exact) mass is 429 g/mol. The maximum Gasteiger partial charge on any atom is 0.414 e. The lowest BCUT2D eigenvalue weighted by atomic mass is 10.0. The fraction of sp³-hybridized carbons (Fsp3) is 0.190. The molecule has 1 saturated heterocycles. The van der Waals surface area contributed by atoms with Crippen LogP contribution in [0.25, 0.3) is 21.7 Å². The van der Waals surface area contributed by atoms with Crippen LogP contribution in [0.2, 0.25) is 0 Å². The number of halogens is 2. The Balaban J connectivity index is 1.55. The first-order valence-electron chi connectivity index (χ1n) is 9.14. The van der Waals surface area contributed by atoms with Crippen LogP contribution in [-0.2, 0) is 9.53 Å². The Labute approximate surface area is 175 Å². The van der Waals surface area contributed by atoms with Gasteiger partial charge in [-0.15, -0.1) is 11.3 Å². The third kappa shape index (κ3) is 4.02. The van der Waals surface area contributed by atoms with Crippen LogP contribution in [0.4, 0.5) is 19.3 Å². The van der Waals surface area contributed by atoms with Gasteiger partial charge in [0.25, 0.3) is 0 Å². The third-order valence-electron chi connectivity index (χ3n) is 4.66. The number of carbonyl (C=O) groups is 2. The number of hydrogen-bond acceptors (Lipinski definition) is 5. The van der Waals surface area contributed by atoms with Crippen LogP contribution in [0, 0.1) is 11.6 Å². The van der Waals surface area contributed by atoms with Crippen molar-refractivity contribution in [2.45, 2.75) is 13.0 Å². The van der Waals surface area contributed by atoms with E-state index in [1.54, 1.807) is 29.8 Å². The van der Waals surface area contributed by atoms with Gasteiger partial charge in [0, 0.05) is 29.6 Å². The number of amides is 2. The van der Waals surface area contributed by atoms with E-state index in [2.05, 4.69) is 10.3 Å². The molecule has 9 heteroatoms. The highest BCUT2D eigenvalue weighted by Crippen LogP contribution is 2.32. The number of cyclic esters (lactones) is 1. The predicted molar refractivity (Wildman–Crippen MR) is 109 cm³/mol. The number of benzene rings is 2. The highest BCUT2D eigenvalue weighted by molar-refractivity contribution is 7.13. The van der Waals surface area contributed by atoms with Gasteiger partial charge in [-0.05, 0) is 35.9 Å². The maximum atomic E-state index is 14.8. The molecule has 1 fully saturated rings. The van der Waals surface area contributed by atoms with Crippen molar-refractivity contribution in [1.82, 2.24) is 10.3 Å². The summed E-state index contributed by atoms with van der Waals surface area (Å²) in [5, 5.41) is 4.89. The summed E-state index contributed by atoms with van der Waals surface area (Å²) in [6.45, 7) is 1.74. The molecular formula is C21H17F2N3O3S. The van der Waals surface area contributed by atoms with Gasteiger partial charge in [-0.1, -0.05) is 6.07 Å². The van der Waals surface area contributed by atoms with Gasteiger partial charge in [0.15, 0.2) is 0 Å². The molecule has 2 heterocycles. The molecular weight excluding hydrogens is 412 g/mol. The molecule has 2 aromatic carbocycles. The van der Waals surface area contributed by atoms with Crippen molar-refractivity contribution in [3.05, 3.63) is 59.6 Å². The molecule has 1 N–H and O–H groups in total. The van der Waals surface area contributed by atoms with E-state index in [-0.39, 0.29) is 24.6 Å². The standard InChI is InChI=1S/C21H17F2N3O3S/c1-12(27)25-10-15-11-26(21(28)29-15)14-3-5-16(19(23)9-14)13-2-4-17(18(22)8-13)20-24-6-7-30-20/h2-9,15H,10-11H2,1H3,(H,25,27). The van der Waals surface area contributed by atoms with E-state index in [1.165, 1.54) is 41.4 Å². The molecule has 1 aliphatic rings. The zero-order chi connectivity index (χ0) is 21.3. The maximum absolute atomic E-state index is 14.8. The number of ether oxygens (including phenoxy) is 1. The van der Waals surface area contributed by atoms with E-state index in [4.69, 9.17) is 4.74 Å². The Morgan fingerprint density at radius 1 is 1.23 bits per heavy atom. The lowest BCUT2D eigenvalue weighted by molar-refractivity contribution is -0.119. The Morgan fingerprint density at radius 3 is 2.67 bits per heavy atom. The van der Waals surface area contributed by atoms with Crippen LogP contribution in [0.15, 0.2) is 48.0 Å². The van der Waals surface area contributed by atoms with Gasteiger partial charge in [0.2, 0.25) is 5.91 Å². The fourth-order valence-corrected chi connectivity index (χ4v) is 3.88. The smallest absolute Gasteiger partial charge is 0.414 e. The Kier molecular flexibility index (Phi) is 5.45. The molecule has 2 amide bonds. The third-order valence-corrected chi connectivity index (χ3v) is 5.47. The van der Waals surface area contributed by atoms with E-state index in [9.17, 15) is 18.4 Å². The van der Waals surface area contributed by atoms with Crippen molar-refractivity contribution < 1.29 is 23.1 Å². The molecule has 4 rings (SSSR count). The Bertz CT molecular complexity index is 1100. The van der Waals surface area contributed by atoms with E-state index in [1.807, 2.05) is 0 Å². The number of carbonyl (C=O) groups excluding carboxylic acids is 2. The minimum Gasteiger partial charge on any atom is -0.442 e. The zero-order valence-corrected chi connectivity index (χ0v) is 16.7. The molecule has 30 heavy (non-hydrogen) atoms. The number of nitrogens with one attached hydrogen (secondary N) is 1. The summed E-state index contributed by atoms with van der Waals surface area (Å²) >= 11 is 1.32. The van der Waals surface area contributed by atoms with E-state index in [0.717, 1.165) is 0 Å². The van der Waals surface area contributed by atoms with Gasteiger partial charge in [0.05, 0.1) is 18.8 Å². The number of hydrogen-bond donors (Lipinski definition) is 1. The van der Waals surface area contributed by atoms with Crippen LogP contribution >= 0.6 is 11.3 Å². The average Bonchev–Trinajstić information content (AvgIpc) is 3.36. The Morgan fingerprint density at radius 2 is 2.00 bits per heavy atom. The fourth-order valence-electron chi connectivity index (χ4n) is 3.21. The zero-order valence-electron chi connectivity index (χ0n) is 15.9. The summed E-state index contributed by atoms with van der Waals surface area (Å²) in [6, 6.07) is 8.75. The molecule has 1 atom stereocenters. The molecule has 0 aliphatic carbocycles. The van der Waals surface area contributed by atoms with E-state index >= 15 is 0 Å². The number of aromatic nitrogens is 1. The molecule has 1 aliphatic heterocycles. The number of thiazole rings is 1. The van der Waals surface area contributed by atoms with Crippen LogP contribution in [-0.4, -0.2) is 36.2 Å². The second-order valence-corrected chi connectivity index (χ2v) is 7.64. The number of nitrogens with zero attached hydrogens (tertiary/aromatic N) is 2. The molecule has 3 aromatic rings. The molecule has 0 bridgehead atoms. The van der Waals surface area contributed by atoms with Crippen molar-refractivity contribution in [2.75, 3.05) is 18.0 Å². The highest BCUT2D eigenvalue weighted by atomic mass is 32.1. The Hall–Kier alpha value is -3.33. The minimum atomic E-state index is -0.614.